The van der Waals surface area contributed by atoms with E-state index in [-0.39, 0.29) is 5.91 Å². The number of benzene rings is 2. The van der Waals surface area contributed by atoms with Crippen molar-refractivity contribution >= 4 is 11.6 Å². The number of carbonyl (C=O) groups is 1. The first-order valence-corrected chi connectivity index (χ1v) is 9.33. The highest BCUT2D eigenvalue weighted by atomic mass is 16.5. The van der Waals surface area contributed by atoms with Gasteiger partial charge in [-0.05, 0) is 56.2 Å². The van der Waals surface area contributed by atoms with Gasteiger partial charge in [0.05, 0.1) is 18.0 Å². The minimum absolute atomic E-state index is 0.331. The lowest BCUT2D eigenvalue weighted by Gasteiger charge is -2.07. The first-order chi connectivity index (χ1) is 13.6. The summed E-state index contributed by atoms with van der Waals surface area (Å²) < 4.78 is 5.45. The van der Waals surface area contributed by atoms with Crippen molar-refractivity contribution in [1.82, 2.24) is 15.6 Å². The number of hydrazone groups is 1. The monoisotopic (exact) mass is 376 g/mol. The van der Waals surface area contributed by atoms with E-state index in [2.05, 4.69) is 20.7 Å². The molecule has 0 atom stereocenters. The maximum atomic E-state index is 12.4. The van der Waals surface area contributed by atoms with Crippen LogP contribution in [0.1, 0.15) is 41.9 Å². The van der Waals surface area contributed by atoms with Gasteiger partial charge in [0.25, 0.3) is 5.91 Å². The minimum atomic E-state index is -0.331. The van der Waals surface area contributed by atoms with Crippen LogP contribution in [0.2, 0.25) is 0 Å². The molecule has 0 aliphatic rings. The number of H-pyrrole nitrogens is 1. The molecule has 28 heavy (non-hydrogen) atoms. The van der Waals surface area contributed by atoms with Gasteiger partial charge in [-0.3, -0.25) is 9.89 Å². The number of ether oxygens (including phenoxy) is 1. The summed E-state index contributed by atoms with van der Waals surface area (Å²) in [5.74, 6) is 0.481. The number of carbonyl (C=O) groups excluding carboxylic acids is 1. The van der Waals surface area contributed by atoms with Gasteiger partial charge >= 0.3 is 0 Å². The second-order valence-electron chi connectivity index (χ2n) is 6.34. The van der Waals surface area contributed by atoms with Gasteiger partial charge in [0, 0.05) is 5.56 Å². The summed E-state index contributed by atoms with van der Waals surface area (Å²) in [6.45, 7) is 6.59. The highest BCUT2D eigenvalue weighted by Crippen LogP contribution is 2.18. The third kappa shape index (κ3) is 4.65. The van der Waals surface area contributed by atoms with Crippen LogP contribution in [0.3, 0.4) is 0 Å². The number of hydrogen-bond acceptors (Lipinski definition) is 4. The molecule has 2 aromatic carbocycles. The molecule has 3 rings (SSSR count). The number of rotatable bonds is 7. The maximum Gasteiger partial charge on any atom is 0.289 e. The molecule has 0 aliphatic heterocycles. The van der Waals surface area contributed by atoms with E-state index in [0.717, 1.165) is 28.3 Å². The average Bonchev–Trinajstić information content (AvgIpc) is 3.20. The number of nitrogens with zero attached hydrogens (tertiary/aromatic N) is 2. The van der Waals surface area contributed by atoms with Crippen LogP contribution < -0.4 is 10.2 Å². The molecule has 1 heterocycles. The number of amides is 1. The predicted molar refractivity (Wildman–Crippen MR) is 111 cm³/mol. The van der Waals surface area contributed by atoms with E-state index in [1.165, 1.54) is 5.56 Å². The Labute approximate surface area is 164 Å². The topological polar surface area (TPSA) is 79.4 Å². The fourth-order valence-electron chi connectivity index (χ4n) is 2.75. The van der Waals surface area contributed by atoms with Gasteiger partial charge in [-0.2, -0.15) is 10.2 Å². The molecule has 0 radical (unpaired) electrons. The Morgan fingerprint density at radius 1 is 1.11 bits per heavy atom. The SMILES string of the molecule is CCOc1ccc(C(CC)=NNC(=O)c2cc(-c3ccc(C)cc3)n[nH]2)cc1. The molecule has 2 N–H and O–H groups in total. The second-order valence-corrected chi connectivity index (χ2v) is 6.34. The molecule has 0 bridgehead atoms. The van der Waals surface area contributed by atoms with Crippen molar-refractivity contribution in [3.05, 3.63) is 71.4 Å². The van der Waals surface area contributed by atoms with E-state index in [1.54, 1.807) is 6.07 Å². The number of aromatic amines is 1. The van der Waals surface area contributed by atoms with Crippen molar-refractivity contribution in [2.24, 2.45) is 5.10 Å². The zero-order valence-corrected chi connectivity index (χ0v) is 16.3. The van der Waals surface area contributed by atoms with E-state index >= 15 is 0 Å². The van der Waals surface area contributed by atoms with Crippen LogP contribution in [0.4, 0.5) is 0 Å². The highest BCUT2D eigenvalue weighted by Gasteiger charge is 2.11. The zero-order valence-electron chi connectivity index (χ0n) is 16.3. The molecular weight excluding hydrogens is 352 g/mol. The largest absolute Gasteiger partial charge is 0.494 e. The van der Waals surface area contributed by atoms with E-state index in [4.69, 9.17) is 4.74 Å². The molecule has 0 fully saturated rings. The van der Waals surface area contributed by atoms with Gasteiger partial charge in [-0.15, -0.1) is 0 Å². The van der Waals surface area contributed by atoms with E-state index in [0.29, 0.717) is 18.7 Å². The first kappa shape index (κ1) is 19.4. The maximum absolute atomic E-state index is 12.4. The number of nitrogens with one attached hydrogen (secondary N) is 2. The third-order valence-corrected chi connectivity index (χ3v) is 4.30. The molecule has 0 saturated carbocycles. The van der Waals surface area contributed by atoms with Crippen LogP contribution in [0.15, 0.2) is 59.7 Å². The summed E-state index contributed by atoms with van der Waals surface area (Å²) in [6.07, 6.45) is 0.686. The quantitative estimate of drug-likeness (QED) is 0.476. The summed E-state index contributed by atoms with van der Waals surface area (Å²) in [7, 11) is 0. The molecule has 1 aromatic heterocycles. The van der Waals surface area contributed by atoms with Gasteiger partial charge in [0.1, 0.15) is 11.4 Å². The standard InChI is InChI=1S/C22H24N4O2/c1-4-19(16-10-12-18(13-11-16)28-5-2)23-26-22(27)21-14-20(24-25-21)17-8-6-15(3)7-9-17/h6-14H,4-5H2,1-3H3,(H,24,25)(H,26,27). The van der Waals surface area contributed by atoms with Crippen molar-refractivity contribution in [1.29, 1.82) is 0 Å². The van der Waals surface area contributed by atoms with E-state index in [1.807, 2.05) is 69.3 Å². The summed E-state index contributed by atoms with van der Waals surface area (Å²) in [4.78, 5) is 12.4. The molecule has 0 unspecified atom stereocenters. The average molecular weight is 376 g/mol. The summed E-state index contributed by atoms with van der Waals surface area (Å²) >= 11 is 0. The van der Waals surface area contributed by atoms with Gasteiger partial charge in [-0.1, -0.05) is 36.8 Å². The molecule has 144 valence electrons. The van der Waals surface area contributed by atoms with Crippen LogP contribution in [0.25, 0.3) is 11.3 Å². The highest BCUT2D eigenvalue weighted by molar-refractivity contribution is 6.02. The molecule has 1 amide bonds. The normalized spacial score (nSPS) is 11.3. The van der Waals surface area contributed by atoms with Gasteiger partial charge in [0.2, 0.25) is 0 Å². The predicted octanol–water partition coefficient (Wildman–Crippen LogP) is 4.33. The van der Waals surface area contributed by atoms with Gasteiger partial charge in [0.15, 0.2) is 0 Å². The Kier molecular flexibility index (Phi) is 6.22. The number of aromatic nitrogens is 2. The Balaban J connectivity index is 1.70. The number of aryl methyl sites for hydroxylation is 1. The Morgan fingerprint density at radius 2 is 1.82 bits per heavy atom. The molecule has 6 nitrogen and oxygen atoms in total. The van der Waals surface area contributed by atoms with E-state index in [9.17, 15) is 4.79 Å². The van der Waals surface area contributed by atoms with Crippen molar-refractivity contribution in [3.8, 4) is 17.0 Å². The fraction of sp³-hybridized carbons (Fsp3) is 0.227. The van der Waals surface area contributed by atoms with E-state index < -0.39 is 0 Å². The fourth-order valence-corrected chi connectivity index (χ4v) is 2.75. The Bertz CT molecular complexity index is 957. The smallest absolute Gasteiger partial charge is 0.289 e. The zero-order chi connectivity index (χ0) is 19.9. The molecule has 0 aliphatic carbocycles. The first-order valence-electron chi connectivity index (χ1n) is 9.33. The lowest BCUT2D eigenvalue weighted by Crippen LogP contribution is -2.20. The molecule has 0 saturated heterocycles. The Hall–Kier alpha value is -3.41. The van der Waals surface area contributed by atoms with Crippen molar-refractivity contribution in [2.45, 2.75) is 27.2 Å². The van der Waals surface area contributed by atoms with Crippen LogP contribution >= 0.6 is 0 Å². The number of hydrogen-bond donors (Lipinski definition) is 2. The van der Waals surface area contributed by atoms with Crippen molar-refractivity contribution < 1.29 is 9.53 Å². The molecule has 6 heteroatoms. The van der Waals surface area contributed by atoms with Crippen molar-refractivity contribution in [3.63, 3.8) is 0 Å². The lowest BCUT2D eigenvalue weighted by atomic mass is 10.1. The lowest BCUT2D eigenvalue weighted by molar-refractivity contribution is 0.0950. The van der Waals surface area contributed by atoms with Gasteiger partial charge < -0.3 is 4.74 Å². The van der Waals surface area contributed by atoms with Crippen LogP contribution in [0, 0.1) is 6.92 Å². The molecule has 3 aromatic rings. The molecular formula is C22H24N4O2. The summed E-state index contributed by atoms with van der Waals surface area (Å²) in [5, 5.41) is 11.3. The van der Waals surface area contributed by atoms with Crippen molar-refractivity contribution in [2.75, 3.05) is 6.61 Å². The van der Waals surface area contributed by atoms with Crippen LogP contribution in [-0.2, 0) is 0 Å². The summed E-state index contributed by atoms with van der Waals surface area (Å²) in [5.41, 5.74) is 7.54. The second kappa shape index (κ2) is 8.99. The Morgan fingerprint density at radius 3 is 2.46 bits per heavy atom. The molecule has 0 spiro atoms. The van der Waals surface area contributed by atoms with Crippen LogP contribution in [-0.4, -0.2) is 28.4 Å². The minimum Gasteiger partial charge on any atom is -0.494 e. The third-order valence-electron chi connectivity index (χ3n) is 4.30. The van der Waals surface area contributed by atoms with Gasteiger partial charge in [-0.25, -0.2) is 5.43 Å². The summed E-state index contributed by atoms with van der Waals surface area (Å²) in [6, 6.07) is 17.4. The van der Waals surface area contributed by atoms with Crippen LogP contribution in [0.5, 0.6) is 5.75 Å².